The second-order valence-corrected chi connectivity index (χ2v) is 5.45. The highest BCUT2D eigenvalue weighted by molar-refractivity contribution is 5.49. The van der Waals surface area contributed by atoms with Crippen molar-refractivity contribution in [3.8, 4) is 5.75 Å². The van der Waals surface area contributed by atoms with E-state index in [0.717, 1.165) is 17.5 Å². The first kappa shape index (κ1) is 14.4. The summed E-state index contributed by atoms with van der Waals surface area (Å²) in [7, 11) is 0. The fourth-order valence-corrected chi connectivity index (χ4v) is 2.56. The monoisotopic (exact) mass is 266 g/mol. The van der Waals surface area contributed by atoms with Gasteiger partial charge in [0.2, 0.25) is 0 Å². The van der Waals surface area contributed by atoms with Gasteiger partial charge in [-0.2, -0.15) is 0 Å². The Morgan fingerprint density at radius 3 is 2.40 bits per heavy atom. The number of phenols is 1. The van der Waals surface area contributed by atoms with Gasteiger partial charge < -0.3 is 5.11 Å². The van der Waals surface area contributed by atoms with Crippen LogP contribution in [0.5, 0.6) is 5.75 Å². The fourth-order valence-electron chi connectivity index (χ4n) is 2.56. The van der Waals surface area contributed by atoms with Crippen LogP contribution in [0.25, 0.3) is 0 Å². The molecule has 104 valence electrons. The second-order valence-electron chi connectivity index (χ2n) is 5.45. The van der Waals surface area contributed by atoms with Gasteiger partial charge in [-0.1, -0.05) is 62.4 Å². The maximum absolute atomic E-state index is 10.6. The van der Waals surface area contributed by atoms with Gasteiger partial charge in [-0.3, -0.25) is 0 Å². The summed E-state index contributed by atoms with van der Waals surface area (Å²) in [6.45, 7) is 8.10. The van der Waals surface area contributed by atoms with Crippen LogP contribution in [0, 0.1) is 0 Å². The zero-order valence-electron chi connectivity index (χ0n) is 12.3. The molecule has 20 heavy (non-hydrogen) atoms. The topological polar surface area (TPSA) is 20.2 Å². The van der Waals surface area contributed by atoms with Gasteiger partial charge in [-0.15, -0.1) is 6.58 Å². The van der Waals surface area contributed by atoms with E-state index in [1.165, 1.54) is 11.1 Å². The van der Waals surface area contributed by atoms with Crippen LogP contribution in [0.3, 0.4) is 0 Å². The molecule has 0 saturated heterocycles. The summed E-state index contributed by atoms with van der Waals surface area (Å²) in [5, 5.41) is 10.6. The molecule has 0 aliphatic carbocycles. The quantitative estimate of drug-likeness (QED) is 0.768. The predicted octanol–water partition coefficient (Wildman–Crippen LogP) is 4.83. The van der Waals surface area contributed by atoms with Crippen LogP contribution in [-0.4, -0.2) is 5.11 Å². The van der Waals surface area contributed by atoms with E-state index >= 15 is 0 Å². The molecule has 0 aliphatic rings. The molecule has 0 fully saturated rings. The van der Waals surface area contributed by atoms with E-state index in [1.54, 1.807) is 0 Å². The molecule has 1 nitrogen and oxygen atoms in total. The van der Waals surface area contributed by atoms with Gasteiger partial charge in [-0.25, -0.2) is 0 Å². The standard InChI is InChI=1S/C19H22O/c1-4-8-18-17(14(2)3)12-11-16(19(18)20)13-15-9-6-5-7-10-15/h4-7,9-12,14,20H,1,8,13H2,2-3H3. The summed E-state index contributed by atoms with van der Waals surface area (Å²) in [5.41, 5.74) is 4.42. The molecule has 0 aliphatic heterocycles. The van der Waals surface area contributed by atoms with Gasteiger partial charge in [-0.05, 0) is 29.0 Å². The van der Waals surface area contributed by atoms with Crippen LogP contribution in [0.1, 0.15) is 42.0 Å². The molecular formula is C19H22O. The van der Waals surface area contributed by atoms with Crippen LogP contribution in [0.4, 0.5) is 0 Å². The molecule has 2 rings (SSSR count). The Morgan fingerprint density at radius 2 is 1.80 bits per heavy atom. The van der Waals surface area contributed by atoms with Crippen molar-refractivity contribution in [2.45, 2.75) is 32.6 Å². The van der Waals surface area contributed by atoms with Crippen LogP contribution in [0.2, 0.25) is 0 Å². The molecule has 0 spiro atoms. The first-order valence-corrected chi connectivity index (χ1v) is 7.12. The highest BCUT2D eigenvalue weighted by Crippen LogP contribution is 2.32. The summed E-state index contributed by atoms with van der Waals surface area (Å²) >= 11 is 0. The molecule has 0 amide bonds. The van der Waals surface area contributed by atoms with E-state index in [1.807, 2.05) is 30.3 Å². The van der Waals surface area contributed by atoms with Crippen LogP contribution < -0.4 is 0 Å². The zero-order chi connectivity index (χ0) is 14.5. The zero-order valence-corrected chi connectivity index (χ0v) is 12.3. The molecule has 0 radical (unpaired) electrons. The molecule has 1 heteroatoms. The number of phenolic OH excluding ortho intramolecular Hbond substituents is 1. The minimum atomic E-state index is 0.404. The Bertz CT molecular complexity index is 582. The van der Waals surface area contributed by atoms with Crippen LogP contribution in [-0.2, 0) is 12.8 Å². The van der Waals surface area contributed by atoms with E-state index in [2.05, 4.69) is 38.6 Å². The third-order valence-electron chi connectivity index (χ3n) is 3.61. The van der Waals surface area contributed by atoms with Crippen LogP contribution in [0.15, 0.2) is 55.1 Å². The third kappa shape index (κ3) is 3.11. The van der Waals surface area contributed by atoms with Gasteiger partial charge >= 0.3 is 0 Å². The lowest BCUT2D eigenvalue weighted by Gasteiger charge is -2.16. The van der Waals surface area contributed by atoms with Crippen molar-refractivity contribution in [2.75, 3.05) is 0 Å². The number of rotatable bonds is 5. The maximum Gasteiger partial charge on any atom is 0.122 e. The SMILES string of the molecule is C=CCc1c(C(C)C)ccc(Cc2ccccc2)c1O. The first-order chi connectivity index (χ1) is 9.63. The summed E-state index contributed by atoms with van der Waals surface area (Å²) in [5.74, 6) is 0.835. The van der Waals surface area contributed by atoms with E-state index < -0.39 is 0 Å². The average Bonchev–Trinajstić information content (AvgIpc) is 2.44. The molecular weight excluding hydrogens is 244 g/mol. The van der Waals surface area contributed by atoms with E-state index in [-0.39, 0.29) is 0 Å². The number of hydrogen-bond acceptors (Lipinski definition) is 1. The van der Waals surface area contributed by atoms with Crippen molar-refractivity contribution in [2.24, 2.45) is 0 Å². The number of allylic oxidation sites excluding steroid dienone is 1. The summed E-state index contributed by atoms with van der Waals surface area (Å²) in [4.78, 5) is 0. The van der Waals surface area contributed by atoms with E-state index in [9.17, 15) is 5.11 Å². The number of benzene rings is 2. The Morgan fingerprint density at radius 1 is 1.10 bits per heavy atom. The third-order valence-corrected chi connectivity index (χ3v) is 3.61. The lowest BCUT2D eigenvalue weighted by Crippen LogP contribution is -1.99. The Balaban J connectivity index is 2.40. The molecule has 0 saturated carbocycles. The molecule has 0 aromatic heterocycles. The molecule has 0 heterocycles. The molecule has 2 aromatic rings. The Hall–Kier alpha value is -2.02. The summed E-state index contributed by atoms with van der Waals surface area (Å²) in [6, 6.07) is 14.4. The van der Waals surface area contributed by atoms with Crippen molar-refractivity contribution in [3.05, 3.63) is 77.4 Å². The van der Waals surface area contributed by atoms with Crippen molar-refractivity contribution in [1.82, 2.24) is 0 Å². The normalized spacial score (nSPS) is 10.8. The highest BCUT2D eigenvalue weighted by Gasteiger charge is 2.14. The summed E-state index contributed by atoms with van der Waals surface area (Å²) in [6.07, 6.45) is 3.32. The average molecular weight is 266 g/mol. The lowest BCUT2D eigenvalue weighted by atomic mass is 9.90. The smallest absolute Gasteiger partial charge is 0.122 e. The number of aromatic hydroxyl groups is 1. The lowest BCUT2D eigenvalue weighted by molar-refractivity contribution is 0.462. The van der Waals surface area contributed by atoms with Gasteiger partial charge in [0.1, 0.15) is 5.75 Å². The summed E-state index contributed by atoms with van der Waals surface area (Å²) < 4.78 is 0. The van der Waals surface area contributed by atoms with E-state index in [4.69, 9.17) is 0 Å². The molecule has 0 unspecified atom stereocenters. The minimum Gasteiger partial charge on any atom is -0.507 e. The van der Waals surface area contributed by atoms with Crippen molar-refractivity contribution < 1.29 is 5.11 Å². The van der Waals surface area contributed by atoms with Gasteiger partial charge in [0.15, 0.2) is 0 Å². The largest absolute Gasteiger partial charge is 0.507 e. The molecule has 0 bridgehead atoms. The van der Waals surface area contributed by atoms with Gasteiger partial charge in [0.25, 0.3) is 0 Å². The molecule has 1 N–H and O–H groups in total. The second kappa shape index (κ2) is 6.42. The fraction of sp³-hybridized carbons (Fsp3) is 0.263. The van der Waals surface area contributed by atoms with Crippen molar-refractivity contribution in [3.63, 3.8) is 0 Å². The van der Waals surface area contributed by atoms with Gasteiger partial charge in [0, 0.05) is 12.0 Å². The van der Waals surface area contributed by atoms with Gasteiger partial charge in [0.05, 0.1) is 0 Å². The predicted molar refractivity (Wildman–Crippen MR) is 85.3 cm³/mol. The van der Waals surface area contributed by atoms with Crippen molar-refractivity contribution in [1.29, 1.82) is 0 Å². The van der Waals surface area contributed by atoms with Crippen molar-refractivity contribution >= 4 is 0 Å². The minimum absolute atomic E-state index is 0.404. The van der Waals surface area contributed by atoms with E-state index in [0.29, 0.717) is 18.1 Å². The first-order valence-electron chi connectivity index (χ1n) is 7.12. The Labute approximate surface area is 121 Å². The Kier molecular flexibility index (Phi) is 4.62. The molecule has 2 aromatic carbocycles. The molecule has 0 atom stereocenters. The number of hydrogen-bond donors (Lipinski definition) is 1. The highest BCUT2D eigenvalue weighted by atomic mass is 16.3. The van der Waals surface area contributed by atoms with Crippen LogP contribution >= 0.6 is 0 Å². The maximum atomic E-state index is 10.6.